The molecule has 1 rings (SSSR count). The van der Waals surface area contributed by atoms with E-state index in [0.717, 1.165) is 5.56 Å². The van der Waals surface area contributed by atoms with E-state index in [4.69, 9.17) is 14.6 Å². The molecule has 0 aromatic heterocycles. The van der Waals surface area contributed by atoms with Crippen molar-refractivity contribution in [3.63, 3.8) is 0 Å². The Morgan fingerprint density at radius 2 is 2.06 bits per heavy atom. The number of rotatable bonds is 7. The summed E-state index contributed by atoms with van der Waals surface area (Å²) < 4.78 is 22.7. The maximum absolute atomic E-state index is 11.9. The monoisotopic (exact) mass is 228 g/mol. The third-order valence-corrected chi connectivity index (χ3v) is 2.03. The summed E-state index contributed by atoms with van der Waals surface area (Å²) in [6.45, 7) is 2.30. The summed E-state index contributed by atoms with van der Waals surface area (Å²) in [5.41, 5.74) is 0.765. The Hall–Kier alpha value is -1.29. The lowest BCUT2D eigenvalue weighted by Crippen LogP contribution is -2.02. The Morgan fingerprint density at radius 3 is 2.69 bits per heavy atom. The lowest BCUT2D eigenvalue weighted by Gasteiger charge is -2.12. The Balaban J connectivity index is 2.72. The fraction of sp³-hybridized carbons (Fsp3) is 0.500. The van der Waals surface area contributed by atoms with Crippen molar-refractivity contribution in [2.24, 2.45) is 0 Å². The van der Waals surface area contributed by atoms with Crippen LogP contribution in [-0.2, 0) is 6.61 Å². The van der Waals surface area contributed by atoms with Crippen molar-refractivity contribution in [2.75, 3.05) is 19.9 Å². The second kappa shape index (κ2) is 7.06. The van der Waals surface area contributed by atoms with Crippen molar-refractivity contribution in [1.29, 1.82) is 0 Å². The maximum atomic E-state index is 11.9. The Labute approximate surface area is 94.8 Å². The zero-order valence-electron chi connectivity index (χ0n) is 9.41. The first-order valence-corrected chi connectivity index (χ1v) is 5.37. The summed E-state index contributed by atoms with van der Waals surface area (Å²) in [7, 11) is 0. The SMILES string of the molecule is CCOc1cc(CO)ccc1OCCCF. The standard InChI is InChI=1S/C12H17FO3/c1-2-15-12-8-10(9-14)4-5-11(12)16-7-3-6-13/h4-5,8,14H,2-3,6-7,9H2,1H3. The minimum atomic E-state index is -0.390. The minimum absolute atomic E-state index is 0.0369. The van der Waals surface area contributed by atoms with Gasteiger partial charge in [-0.05, 0) is 24.6 Å². The van der Waals surface area contributed by atoms with Gasteiger partial charge in [0.25, 0.3) is 0 Å². The number of hydrogen-bond acceptors (Lipinski definition) is 3. The van der Waals surface area contributed by atoms with Crippen LogP contribution < -0.4 is 9.47 Å². The predicted octanol–water partition coefficient (Wildman–Crippen LogP) is 2.32. The number of ether oxygens (including phenoxy) is 2. The molecular weight excluding hydrogens is 211 g/mol. The van der Waals surface area contributed by atoms with Crippen LogP contribution in [0.15, 0.2) is 18.2 Å². The molecule has 0 saturated carbocycles. The average Bonchev–Trinajstić information content (AvgIpc) is 2.31. The van der Waals surface area contributed by atoms with Gasteiger partial charge < -0.3 is 14.6 Å². The molecule has 0 fully saturated rings. The zero-order chi connectivity index (χ0) is 11.8. The Bertz CT molecular complexity index is 315. The van der Waals surface area contributed by atoms with Gasteiger partial charge >= 0.3 is 0 Å². The topological polar surface area (TPSA) is 38.7 Å². The Morgan fingerprint density at radius 1 is 1.25 bits per heavy atom. The number of aliphatic hydroxyl groups is 1. The first-order chi connectivity index (χ1) is 7.81. The molecule has 90 valence electrons. The molecule has 0 radical (unpaired) electrons. The van der Waals surface area contributed by atoms with Crippen molar-refractivity contribution >= 4 is 0 Å². The summed E-state index contributed by atoms with van der Waals surface area (Å²) in [6, 6.07) is 5.22. The number of aliphatic hydroxyl groups excluding tert-OH is 1. The first-order valence-electron chi connectivity index (χ1n) is 5.37. The van der Waals surface area contributed by atoms with Crippen molar-refractivity contribution in [2.45, 2.75) is 20.0 Å². The molecule has 0 bridgehead atoms. The molecule has 0 aliphatic carbocycles. The van der Waals surface area contributed by atoms with Crippen molar-refractivity contribution in [1.82, 2.24) is 0 Å². The van der Waals surface area contributed by atoms with Gasteiger partial charge in [0.15, 0.2) is 11.5 Å². The van der Waals surface area contributed by atoms with Gasteiger partial charge in [-0.15, -0.1) is 0 Å². The summed E-state index contributed by atoms with van der Waals surface area (Å²) in [5.74, 6) is 1.18. The second-order valence-electron chi connectivity index (χ2n) is 3.26. The van der Waals surface area contributed by atoms with Gasteiger partial charge in [-0.3, -0.25) is 4.39 Å². The van der Waals surface area contributed by atoms with Gasteiger partial charge in [-0.1, -0.05) is 6.07 Å². The van der Waals surface area contributed by atoms with Crippen LogP contribution in [0.3, 0.4) is 0 Å². The molecule has 0 heterocycles. The molecule has 0 saturated heterocycles. The number of hydrogen-bond donors (Lipinski definition) is 1. The van der Waals surface area contributed by atoms with Crippen LogP contribution in [0, 0.1) is 0 Å². The third kappa shape index (κ3) is 3.70. The number of benzene rings is 1. The van der Waals surface area contributed by atoms with Gasteiger partial charge in [-0.2, -0.15) is 0 Å². The van der Waals surface area contributed by atoms with Gasteiger partial charge in [0.2, 0.25) is 0 Å². The normalized spacial score (nSPS) is 10.2. The van der Waals surface area contributed by atoms with Gasteiger partial charge in [0, 0.05) is 6.42 Å². The molecule has 1 aromatic carbocycles. The van der Waals surface area contributed by atoms with E-state index in [1.165, 1.54) is 0 Å². The average molecular weight is 228 g/mol. The molecule has 0 aliphatic heterocycles. The highest BCUT2D eigenvalue weighted by Crippen LogP contribution is 2.28. The maximum Gasteiger partial charge on any atom is 0.161 e. The van der Waals surface area contributed by atoms with Crippen molar-refractivity contribution < 1.29 is 19.0 Å². The van der Waals surface area contributed by atoms with E-state index in [9.17, 15) is 4.39 Å². The fourth-order valence-electron chi connectivity index (χ4n) is 1.28. The highest BCUT2D eigenvalue weighted by molar-refractivity contribution is 5.42. The Kier molecular flexibility index (Phi) is 5.64. The molecule has 1 aromatic rings. The first kappa shape index (κ1) is 12.8. The van der Waals surface area contributed by atoms with Crippen LogP contribution in [0.4, 0.5) is 4.39 Å². The molecule has 3 nitrogen and oxygen atoms in total. The van der Waals surface area contributed by atoms with E-state index in [1.54, 1.807) is 18.2 Å². The second-order valence-corrected chi connectivity index (χ2v) is 3.26. The smallest absolute Gasteiger partial charge is 0.161 e. The van der Waals surface area contributed by atoms with E-state index in [0.29, 0.717) is 31.1 Å². The lowest BCUT2D eigenvalue weighted by molar-refractivity contribution is 0.259. The number of alkyl halides is 1. The lowest BCUT2D eigenvalue weighted by atomic mass is 10.2. The van der Waals surface area contributed by atoms with Crippen LogP contribution >= 0.6 is 0 Å². The summed E-state index contributed by atoms with van der Waals surface area (Å²) in [5, 5.41) is 8.99. The molecule has 4 heteroatoms. The van der Waals surface area contributed by atoms with E-state index in [1.807, 2.05) is 6.92 Å². The fourth-order valence-corrected chi connectivity index (χ4v) is 1.28. The molecule has 0 unspecified atom stereocenters. The van der Waals surface area contributed by atoms with Crippen LogP contribution in [0.5, 0.6) is 11.5 Å². The number of halogens is 1. The molecule has 0 atom stereocenters. The predicted molar refractivity (Wildman–Crippen MR) is 59.6 cm³/mol. The molecule has 0 amide bonds. The highest BCUT2D eigenvalue weighted by atomic mass is 19.1. The summed E-state index contributed by atoms with van der Waals surface area (Å²) in [6.07, 6.45) is 0.368. The highest BCUT2D eigenvalue weighted by Gasteiger charge is 2.05. The van der Waals surface area contributed by atoms with E-state index in [2.05, 4.69) is 0 Å². The largest absolute Gasteiger partial charge is 0.490 e. The molecule has 0 spiro atoms. The molecule has 1 N–H and O–H groups in total. The quantitative estimate of drug-likeness (QED) is 0.728. The van der Waals surface area contributed by atoms with E-state index >= 15 is 0 Å². The van der Waals surface area contributed by atoms with Gasteiger partial charge in [-0.25, -0.2) is 0 Å². The van der Waals surface area contributed by atoms with Crippen LogP contribution in [0.2, 0.25) is 0 Å². The van der Waals surface area contributed by atoms with Crippen molar-refractivity contribution in [3.8, 4) is 11.5 Å². The molecule has 0 aliphatic rings. The van der Waals surface area contributed by atoms with Crippen LogP contribution in [0.1, 0.15) is 18.9 Å². The summed E-state index contributed by atoms with van der Waals surface area (Å²) >= 11 is 0. The molecule has 16 heavy (non-hydrogen) atoms. The van der Waals surface area contributed by atoms with Crippen LogP contribution in [-0.4, -0.2) is 25.0 Å². The van der Waals surface area contributed by atoms with Gasteiger partial charge in [0.05, 0.1) is 26.5 Å². The third-order valence-electron chi connectivity index (χ3n) is 2.03. The molecular formula is C12H17FO3. The van der Waals surface area contributed by atoms with Gasteiger partial charge in [0.1, 0.15) is 0 Å². The van der Waals surface area contributed by atoms with E-state index < -0.39 is 6.67 Å². The summed E-state index contributed by atoms with van der Waals surface area (Å²) in [4.78, 5) is 0. The zero-order valence-corrected chi connectivity index (χ0v) is 9.41. The minimum Gasteiger partial charge on any atom is -0.490 e. The van der Waals surface area contributed by atoms with Crippen molar-refractivity contribution in [3.05, 3.63) is 23.8 Å². The van der Waals surface area contributed by atoms with E-state index in [-0.39, 0.29) is 6.61 Å². The van der Waals surface area contributed by atoms with Crippen LogP contribution in [0.25, 0.3) is 0 Å².